The molecular formula is C17H29ClN2O. The monoisotopic (exact) mass is 312 g/mol. The summed E-state index contributed by atoms with van der Waals surface area (Å²) in [5.41, 5.74) is 2.36. The standard InChI is InChI=1S/C17H28N2O.ClH/c1-5-18-13-14-9-6-7-10-15(14)19-16(20)11-8-12-17(2,3)4;/h6-7,9-10,18H,5,8,11-13H2,1-4H3,(H,19,20);1H. The molecule has 0 radical (unpaired) electrons. The van der Waals surface area contributed by atoms with Crippen molar-refractivity contribution in [1.29, 1.82) is 0 Å². The third kappa shape index (κ3) is 8.74. The molecule has 0 aliphatic carbocycles. The Bertz CT molecular complexity index is 427. The molecule has 2 N–H and O–H groups in total. The van der Waals surface area contributed by atoms with E-state index in [4.69, 9.17) is 0 Å². The smallest absolute Gasteiger partial charge is 0.224 e. The summed E-state index contributed by atoms with van der Waals surface area (Å²) in [6.07, 6.45) is 2.59. The highest BCUT2D eigenvalue weighted by atomic mass is 35.5. The lowest BCUT2D eigenvalue weighted by atomic mass is 9.90. The van der Waals surface area contributed by atoms with Crippen LogP contribution >= 0.6 is 12.4 Å². The largest absolute Gasteiger partial charge is 0.326 e. The number of carbonyl (C=O) groups is 1. The van der Waals surface area contributed by atoms with Gasteiger partial charge < -0.3 is 10.6 Å². The number of amides is 1. The fraction of sp³-hybridized carbons (Fsp3) is 0.588. The van der Waals surface area contributed by atoms with Gasteiger partial charge in [-0.05, 0) is 36.4 Å². The summed E-state index contributed by atoms with van der Waals surface area (Å²) in [4.78, 5) is 12.0. The Morgan fingerprint density at radius 3 is 2.48 bits per heavy atom. The number of benzene rings is 1. The van der Waals surface area contributed by atoms with Gasteiger partial charge in [-0.25, -0.2) is 0 Å². The molecule has 1 aromatic rings. The Balaban J connectivity index is 0.00000400. The predicted octanol–water partition coefficient (Wildman–Crippen LogP) is 4.37. The predicted molar refractivity (Wildman–Crippen MR) is 93.0 cm³/mol. The van der Waals surface area contributed by atoms with Crippen LogP contribution < -0.4 is 10.6 Å². The number of hydrogen-bond donors (Lipinski definition) is 2. The molecule has 0 heterocycles. The Morgan fingerprint density at radius 1 is 1.19 bits per heavy atom. The molecule has 1 aromatic carbocycles. The molecule has 0 fully saturated rings. The van der Waals surface area contributed by atoms with E-state index >= 15 is 0 Å². The van der Waals surface area contributed by atoms with Crippen molar-refractivity contribution < 1.29 is 4.79 Å². The van der Waals surface area contributed by atoms with Crippen molar-refractivity contribution in [2.75, 3.05) is 11.9 Å². The lowest BCUT2D eigenvalue weighted by Gasteiger charge is -2.17. The third-order valence-electron chi connectivity index (χ3n) is 3.19. The maximum Gasteiger partial charge on any atom is 0.224 e. The molecule has 0 saturated heterocycles. The molecule has 0 spiro atoms. The van der Waals surface area contributed by atoms with E-state index in [9.17, 15) is 4.79 Å². The molecule has 0 bridgehead atoms. The maximum absolute atomic E-state index is 12.0. The zero-order chi connectivity index (χ0) is 15.0. The minimum Gasteiger partial charge on any atom is -0.326 e. The zero-order valence-corrected chi connectivity index (χ0v) is 14.5. The number of para-hydroxylation sites is 1. The first-order valence-corrected chi connectivity index (χ1v) is 7.51. The van der Waals surface area contributed by atoms with Gasteiger partial charge in [-0.1, -0.05) is 45.9 Å². The number of carbonyl (C=O) groups excluding carboxylic acids is 1. The summed E-state index contributed by atoms with van der Waals surface area (Å²) in [7, 11) is 0. The Hall–Kier alpha value is -1.06. The molecule has 0 unspecified atom stereocenters. The van der Waals surface area contributed by atoms with Gasteiger partial charge in [0.1, 0.15) is 0 Å². The van der Waals surface area contributed by atoms with Crippen LogP contribution in [0.3, 0.4) is 0 Å². The van der Waals surface area contributed by atoms with Crippen molar-refractivity contribution in [2.24, 2.45) is 5.41 Å². The van der Waals surface area contributed by atoms with Crippen molar-refractivity contribution in [2.45, 2.75) is 53.5 Å². The molecule has 1 rings (SSSR count). The molecular weight excluding hydrogens is 284 g/mol. The summed E-state index contributed by atoms with van der Waals surface area (Å²) < 4.78 is 0. The second-order valence-corrected chi connectivity index (χ2v) is 6.40. The van der Waals surface area contributed by atoms with E-state index in [2.05, 4.69) is 38.3 Å². The zero-order valence-electron chi connectivity index (χ0n) is 13.7. The van der Waals surface area contributed by atoms with Gasteiger partial charge in [-0.15, -0.1) is 12.4 Å². The Kier molecular flexibility index (Phi) is 9.31. The number of nitrogens with one attached hydrogen (secondary N) is 2. The van der Waals surface area contributed by atoms with Gasteiger partial charge in [-0.2, -0.15) is 0 Å². The second kappa shape index (κ2) is 9.80. The summed E-state index contributed by atoms with van der Waals surface area (Å²) in [6, 6.07) is 7.98. The normalized spacial score (nSPS) is 10.9. The van der Waals surface area contributed by atoms with Gasteiger partial charge in [-0.3, -0.25) is 4.79 Å². The van der Waals surface area contributed by atoms with Gasteiger partial charge in [0.2, 0.25) is 5.91 Å². The van der Waals surface area contributed by atoms with Crippen LogP contribution in [-0.2, 0) is 11.3 Å². The molecule has 21 heavy (non-hydrogen) atoms. The average Bonchev–Trinajstić information content (AvgIpc) is 2.36. The topological polar surface area (TPSA) is 41.1 Å². The van der Waals surface area contributed by atoms with Crippen LogP contribution in [0, 0.1) is 5.41 Å². The maximum atomic E-state index is 12.0. The Labute approximate surface area is 135 Å². The molecule has 1 amide bonds. The van der Waals surface area contributed by atoms with Crippen LogP contribution in [0.4, 0.5) is 5.69 Å². The molecule has 0 aliphatic rings. The van der Waals surface area contributed by atoms with Crippen LogP contribution in [0.2, 0.25) is 0 Å². The lowest BCUT2D eigenvalue weighted by Crippen LogP contribution is -2.17. The fourth-order valence-corrected chi connectivity index (χ4v) is 2.05. The van der Waals surface area contributed by atoms with Crippen LogP contribution in [0.15, 0.2) is 24.3 Å². The van der Waals surface area contributed by atoms with Crippen LogP contribution in [0.25, 0.3) is 0 Å². The van der Waals surface area contributed by atoms with E-state index < -0.39 is 0 Å². The van der Waals surface area contributed by atoms with Crippen molar-refractivity contribution >= 4 is 24.0 Å². The fourth-order valence-electron chi connectivity index (χ4n) is 2.05. The van der Waals surface area contributed by atoms with E-state index in [-0.39, 0.29) is 18.3 Å². The summed E-state index contributed by atoms with van der Waals surface area (Å²) in [5.74, 6) is 0.109. The van der Waals surface area contributed by atoms with Crippen molar-refractivity contribution in [3.8, 4) is 0 Å². The molecule has 0 aliphatic heterocycles. The molecule has 4 heteroatoms. The number of hydrogen-bond acceptors (Lipinski definition) is 2. The second-order valence-electron chi connectivity index (χ2n) is 6.40. The summed E-state index contributed by atoms with van der Waals surface area (Å²) in [5, 5.41) is 6.32. The first kappa shape index (κ1) is 19.9. The minimum absolute atomic E-state index is 0. The van der Waals surface area contributed by atoms with Gasteiger partial charge in [0.15, 0.2) is 0 Å². The number of anilines is 1. The minimum atomic E-state index is 0. The Morgan fingerprint density at radius 2 is 1.86 bits per heavy atom. The van der Waals surface area contributed by atoms with E-state index in [1.165, 1.54) is 0 Å². The SMILES string of the molecule is CCNCc1ccccc1NC(=O)CCCC(C)(C)C.Cl. The summed E-state index contributed by atoms with van der Waals surface area (Å²) >= 11 is 0. The highest BCUT2D eigenvalue weighted by molar-refractivity contribution is 5.91. The first-order chi connectivity index (χ1) is 9.42. The highest BCUT2D eigenvalue weighted by Crippen LogP contribution is 2.22. The highest BCUT2D eigenvalue weighted by Gasteiger charge is 2.11. The van der Waals surface area contributed by atoms with E-state index in [1.54, 1.807) is 0 Å². The van der Waals surface area contributed by atoms with Crippen LogP contribution in [-0.4, -0.2) is 12.5 Å². The van der Waals surface area contributed by atoms with E-state index in [1.807, 2.05) is 24.3 Å². The first-order valence-electron chi connectivity index (χ1n) is 7.51. The van der Waals surface area contributed by atoms with Gasteiger partial charge in [0.05, 0.1) is 0 Å². The van der Waals surface area contributed by atoms with Crippen LogP contribution in [0.5, 0.6) is 0 Å². The molecule has 0 aromatic heterocycles. The third-order valence-corrected chi connectivity index (χ3v) is 3.19. The van der Waals surface area contributed by atoms with Crippen molar-refractivity contribution in [3.05, 3.63) is 29.8 Å². The lowest BCUT2D eigenvalue weighted by molar-refractivity contribution is -0.116. The molecule has 120 valence electrons. The summed E-state index contributed by atoms with van der Waals surface area (Å²) in [6.45, 7) is 10.4. The molecule has 0 atom stereocenters. The average molecular weight is 313 g/mol. The molecule has 3 nitrogen and oxygen atoms in total. The quantitative estimate of drug-likeness (QED) is 0.785. The van der Waals surface area contributed by atoms with Gasteiger partial charge in [0, 0.05) is 18.7 Å². The van der Waals surface area contributed by atoms with Gasteiger partial charge in [0.25, 0.3) is 0 Å². The van der Waals surface area contributed by atoms with E-state index in [0.717, 1.165) is 37.2 Å². The van der Waals surface area contributed by atoms with Crippen LogP contribution in [0.1, 0.15) is 52.5 Å². The molecule has 0 saturated carbocycles. The number of rotatable bonds is 7. The van der Waals surface area contributed by atoms with Gasteiger partial charge >= 0.3 is 0 Å². The van der Waals surface area contributed by atoms with E-state index in [0.29, 0.717) is 11.8 Å². The van der Waals surface area contributed by atoms with Crippen molar-refractivity contribution in [1.82, 2.24) is 5.32 Å². The number of halogens is 1. The van der Waals surface area contributed by atoms with Crippen molar-refractivity contribution in [3.63, 3.8) is 0 Å².